The van der Waals surface area contributed by atoms with E-state index in [1.165, 1.54) is 6.33 Å². The van der Waals surface area contributed by atoms with Gasteiger partial charge in [0.05, 0.1) is 18.5 Å². The summed E-state index contributed by atoms with van der Waals surface area (Å²) < 4.78 is 6.54. The number of nitrogens with one attached hydrogen (secondary N) is 2. The first-order chi connectivity index (χ1) is 11.2. The van der Waals surface area contributed by atoms with Crippen LogP contribution in [0.15, 0.2) is 31.0 Å². The Balaban J connectivity index is 0.00000156. The van der Waals surface area contributed by atoms with E-state index in [1.54, 1.807) is 24.9 Å². The van der Waals surface area contributed by atoms with Crippen molar-refractivity contribution in [1.29, 1.82) is 0 Å². The average molecular weight is 318 g/mol. The quantitative estimate of drug-likeness (QED) is 0.673. The summed E-state index contributed by atoms with van der Waals surface area (Å²) in [5.74, 6) is -0.105. The molecule has 3 aromatic heterocycles. The number of aromatic nitrogens is 5. The highest BCUT2D eigenvalue weighted by atomic mass is 16.5. The predicted molar refractivity (Wildman–Crippen MR) is 88.9 cm³/mol. The van der Waals surface area contributed by atoms with Gasteiger partial charge in [0.25, 0.3) is 0 Å². The van der Waals surface area contributed by atoms with Gasteiger partial charge in [0.2, 0.25) is 5.91 Å². The molecule has 0 saturated carbocycles. The molecular weight excluding hydrogens is 296 g/mol. The highest BCUT2D eigenvalue weighted by Gasteiger charge is 2.17. The molecule has 3 rings (SSSR count). The van der Waals surface area contributed by atoms with Crippen LogP contribution in [-0.4, -0.2) is 50.9 Å². The number of methoxy groups -OCH3 is 1. The molecule has 124 valence electrons. The number of carbonyl (C=O) groups is 1. The minimum Gasteiger partial charge on any atom is -0.383 e. The van der Waals surface area contributed by atoms with E-state index in [4.69, 9.17) is 4.74 Å². The summed E-state index contributed by atoms with van der Waals surface area (Å²) in [7, 11) is 1.60. The summed E-state index contributed by atoms with van der Waals surface area (Å²) >= 11 is 0. The normalized spacial score (nSPS) is 12.4. The molecule has 8 nitrogen and oxygen atoms in total. The molecule has 0 bridgehead atoms. The summed E-state index contributed by atoms with van der Waals surface area (Å²) in [4.78, 5) is 23.6. The summed E-state index contributed by atoms with van der Waals surface area (Å²) in [6.45, 7) is 2.75. The number of hydrogen-bond acceptors (Lipinski definition) is 5. The van der Waals surface area contributed by atoms with E-state index in [0.717, 1.165) is 22.3 Å². The zero-order valence-electron chi connectivity index (χ0n) is 13.0. The van der Waals surface area contributed by atoms with Crippen LogP contribution in [0, 0.1) is 0 Å². The first-order valence-electron chi connectivity index (χ1n) is 7.30. The van der Waals surface area contributed by atoms with Gasteiger partial charge in [-0.2, -0.15) is 5.10 Å². The molecule has 2 N–H and O–H groups in total. The maximum Gasteiger partial charge on any atom is 0.244 e. The van der Waals surface area contributed by atoms with Crippen LogP contribution in [0.3, 0.4) is 0 Å². The highest BCUT2D eigenvalue weighted by molar-refractivity contribution is 5.90. The number of fused-ring (bicyclic) bond motifs is 1. The number of H-pyrrole nitrogens is 1. The Labute approximate surface area is 135 Å². The van der Waals surface area contributed by atoms with Crippen LogP contribution in [0.25, 0.3) is 22.3 Å². The summed E-state index contributed by atoms with van der Waals surface area (Å²) in [6, 6.07) is 1.51. The molecule has 0 fully saturated rings. The lowest BCUT2D eigenvalue weighted by Crippen LogP contribution is -2.33. The van der Waals surface area contributed by atoms with Crippen molar-refractivity contribution in [2.24, 2.45) is 0 Å². The number of carbonyl (C=O) groups excluding carboxylic acids is 1. The van der Waals surface area contributed by atoms with Gasteiger partial charge in [0.15, 0.2) is 0 Å². The van der Waals surface area contributed by atoms with Crippen LogP contribution in [0.4, 0.5) is 0 Å². The zero-order valence-corrected chi connectivity index (χ0v) is 13.0. The van der Waals surface area contributed by atoms with E-state index >= 15 is 0 Å². The molecule has 23 heavy (non-hydrogen) atoms. The van der Waals surface area contributed by atoms with Gasteiger partial charge >= 0.3 is 0 Å². The van der Waals surface area contributed by atoms with Crippen molar-refractivity contribution in [3.05, 3.63) is 31.0 Å². The molecule has 3 heterocycles. The molecule has 0 aliphatic rings. The summed E-state index contributed by atoms with van der Waals surface area (Å²) in [5, 5.41) is 8.01. The Morgan fingerprint density at radius 3 is 3.22 bits per heavy atom. The fourth-order valence-corrected chi connectivity index (χ4v) is 2.32. The van der Waals surface area contributed by atoms with Crippen molar-refractivity contribution in [1.82, 2.24) is 30.0 Å². The smallest absolute Gasteiger partial charge is 0.244 e. The highest BCUT2D eigenvalue weighted by Crippen LogP contribution is 2.24. The second kappa shape index (κ2) is 6.57. The molecule has 1 amide bonds. The predicted octanol–water partition coefficient (Wildman–Crippen LogP) is 1.64. The van der Waals surface area contributed by atoms with E-state index in [-0.39, 0.29) is 8.76 Å². The second-order valence-electron chi connectivity index (χ2n) is 5.13. The van der Waals surface area contributed by atoms with E-state index < -0.39 is 6.04 Å². The fraction of sp³-hybridized carbons (Fsp3) is 0.333. The van der Waals surface area contributed by atoms with Crippen molar-refractivity contribution in [2.75, 3.05) is 20.3 Å². The molecule has 0 aliphatic carbocycles. The Bertz CT molecular complexity index is 819. The third-order valence-corrected chi connectivity index (χ3v) is 3.61. The largest absolute Gasteiger partial charge is 0.383 e. The fourth-order valence-electron chi connectivity index (χ4n) is 2.32. The van der Waals surface area contributed by atoms with Crippen LogP contribution < -0.4 is 5.32 Å². The van der Waals surface area contributed by atoms with Crippen molar-refractivity contribution >= 4 is 16.9 Å². The molecular formula is C15H22N6O2. The Kier molecular flexibility index (Phi) is 4.33. The van der Waals surface area contributed by atoms with Crippen LogP contribution in [0.2, 0.25) is 0 Å². The molecule has 0 saturated heterocycles. The van der Waals surface area contributed by atoms with Gasteiger partial charge in [-0.3, -0.25) is 9.48 Å². The van der Waals surface area contributed by atoms with Gasteiger partial charge in [0.1, 0.15) is 18.0 Å². The van der Waals surface area contributed by atoms with E-state index in [1.807, 2.05) is 18.5 Å². The van der Waals surface area contributed by atoms with E-state index in [9.17, 15) is 4.79 Å². The number of amides is 1. The molecule has 8 heteroatoms. The monoisotopic (exact) mass is 318 g/mol. The SMILES string of the molecule is COCCNC(=O)C(C)n1cc(-c2ncnc3[nH]ccc23)cn1.[HH].[HH]. The van der Waals surface area contributed by atoms with Gasteiger partial charge in [-0.15, -0.1) is 0 Å². The van der Waals surface area contributed by atoms with Crippen LogP contribution >= 0.6 is 0 Å². The van der Waals surface area contributed by atoms with Gasteiger partial charge in [0, 0.05) is 39.9 Å². The van der Waals surface area contributed by atoms with Gasteiger partial charge in [-0.1, -0.05) is 0 Å². The number of aromatic amines is 1. The molecule has 1 unspecified atom stereocenters. The maximum absolute atomic E-state index is 12.1. The molecule has 0 radical (unpaired) electrons. The maximum atomic E-state index is 12.1. The molecule has 0 aliphatic heterocycles. The second-order valence-corrected chi connectivity index (χ2v) is 5.13. The van der Waals surface area contributed by atoms with Gasteiger partial charge in [-0.25, -0.2) is 9.97 Å². The van der Waals surface area contributed by atoms with Gasteiger partial charge in [-0.05, 0) is 13.0 Å². The van der Waals surface area contributed by atoms with Crippen molar-refractivity contribution < 1.29 is 12.4 Å². The summed E-state index contributed by atoms with van der Waals surface area (Å²) in [6.07, 6.45) is 6.84. The first-order valence-corrected chi connectivity index (χ1v) is 7.30. The first kappa shape index (κ1) is 15.2. The molecule has 0 aromatic carbocycles. The zero-order chi connectivity index (χ0) is 16.2. The Morgan fingerprint density at radius 2 is 2.39 bits per heavy atom. The lowest BCUT2D eigenvalue weighted by molar-refractivity contribution is -0.124. The minimum absolute atomic E-state index is 0. The third-order valence-electron chi connectivity index (χ3n) is 3.61. The lowest BCUT2D eigenvalue weighted by Gasteiger charge is -2.12. The standard InChI is InChI=1S/C15H18N6O2.2H2/c1-10(15(22)17-5-6-23-2)21-8-11(7-20-21)13-12-3-4-16-14(12)19-9-18-13;;/h3-4,7-10H,5-6H2,1-2H3,(H,17,22)(H,16,18,19);2*1H. The topological polar surface area (TPSA) is 97.7 Å². The Morgan fingerprint density at radius 1 is 1.52 bits per heavy atom. The summed E-state index contributed by atoms with van der Waals surface area (Å²) in [5.41, 5.74) is 2.40. The third kappa shape index (κ3) is 3.07. The van der Waals surface area contributed by atoms with Crippen molar-refractivity contribution in [3.63, 3.8) is 0 Å². The van der Waals surface area contributed by atoms with Crippen LogP contribution in [0.5, 0.6) is 0 Å². The molecule has 3 aromatic rings. The minimum atomic E-state index is -0.413. The average Bonchev–Trinajstić information content (AvgIpc) is 3.23. The van der Waals surface area contributed by atoms with Crippen molar-refractivity contribution in [3.8, 4) is 11.3 Å². The number of ether oxygens (including phenoxy) is 1. The van der Waals surface area contributed by atoms with Crippen molar-refractivity contribution in [2.45, 2.75) is 13.0 Å². The molecule has 1 atom stereocenters. The number of hydrogen-bond donors (Lipinski definition) is 2. The number of rotatable bonds is 6. The molecule has 0 spiro atoms. The van der Waals surface area contributed by atoms with Crippen LogP contribution in [-0.2, 0) is 9.53 Å². The van der Waals surface area contributed by atoms with Gasteiger partial charge < -0.3 is 15.0 Å². The lowest BCUT2D eigenvalue weighted by atomic mass is 10.2. The van der Waals surface area contributed by atoms with E-state index in [0.29, 0.717) is 13.2 Å². The number of nitrogens with zero attached hydrogens (tertiary/aromatic N) is 4. The van der Waals surface area contributed by atoms with Crippen LogP contribution in [0.1, 0.15) is 15.8 Å². The Hall–Kier alpha value is -2.74. The van der Waals surface area contributed by atoms with E-state index in [2.05, 4.69) is 25.4 Å².